The van der Waals surface area contributed by atoms with Crippen molar-refractivity contribution < 1.29 is 14.2 Å². The van der Waals surface area contributed by atoms with E-state index in [0.29, 0.717) is 42.4 Å². The van der Waals surface area contributed by atoms with Gasteiger partial charge in [0.15, 0.2) is 0 Å². The standard InChI is InChI=1S/C8H13N3O.C8H13N3.C8H16N2O.C7H14N2O.C6H8N2.C5H7N3/c1-7-3-4-9-8(11-7)10-5-6-12-2;1-7-4-5-9-8(10-7)6-11(2)3;1-7(9)10-5-3-8(11-2)4-6-10;1-6(8)9-4-3-7(5-9)10-2;1-5-3-4-7-6(2)8-5;1-4-2-3-7-5(6)8-4/h3-4H,5-6H2,1-2H3,(H,9,10,11);4-5H,6H2,1-3H3;8-9H,3-6H2,1-2H3;7-8H,3-5H2,1-2H3;3-4H,1-2H3;2-3H,1H3,(H2,6,7,8). The van der Waals surface area contributed by atoms with E-state index >= 15 is 0 Å². The number of nitrogens with one attached hydrogen (secondary N) is 3. The van der Waals surface area contributed by atoms with E-state index in [1.54, 1.807) is 52.2 Å². The number of nitrogen functional groups attached to an aromatic ring is 1. The fraction of sp³-hybridized carbons (Fsp3) is 0.571. The summed E-state index contributed by atoms with van der Waals surface area (Å²) in [7, 11) is 9.17. The lowest BCUT2D eigenvalue weighted by atomic mass is 10.1. The predicted molar refractivity (Wildman–Crippen MR) is 239 cm³/mol. The fourth-order valence-electron chi connectivity index (χ4n) is 5.35. The van der Waals surface area contributed by atoms with E-state index in [1.165, 1.54) is 0 Å². The van der Waals surface area contributed by atoms with Crippen molar-refractivity contribution in [2.45, 2.75) is 86.5 Å². The molecule has 4 aromatic rings. The van der Waals surface area contributed by atoms with E-state index in [-0.39, 0.29) is 0 Å². The zero-order valence-corrected chi connectivity index (χ0v) is 38.1. The Morgan fingerprint density at radius 2 is 1.20 bits per heavy atom. The molecule has 0 amide bonds. The minimum Gasteiger partial charge on any atom is -0.383 e. The summed E-state index contributed by atoms with van der Waals surface area (Å²) in [6.07, 6.45) is 10.9. The molecule has 4 aromatic heterocycles. The van der Waals surface area contributed by atoms with Gasteiger partial charge < -0.3 is 40.0 Å². The van der Waals surface area contributed by atoms with Crippen LogP contribution in [0.15, 0.2) is 49.1 Å². The molecule has 2 saturated heterocycles. The number of piperidine rings is 1. The maximum absolute atomic E-state index is 7.40. The van der Waals surface area contributed by atoms with E-state index in [2.05, 4.69) is 55.0 Å². The van der Waals surface area contributed by atoms with Crippen molar-refractivity contribution in [3.63, 3.8) is 0 Å². The highest BCUT2D eigenvalue weighted by molar-refractivity contribution is 5.76. The molecule has 0 bridgehead atoms. The third kappa shape index (κ3) is 25.2. The van der Waals surface area contributed by atoms with E-state index in [4.69, 9.17) is 30.8 Å². The highest BCUT2D eigenvalue weighted by Crippen LogP contribution is 2.13. The molecule has 1 unspecified atom stereocenters. The van der Waals surface area contributed by atoms with Gasteiger partial charge in [0.2, 0.25) is 11.9 Å². The third-order valence-corrected chi connectivity index (χ3v) is 8.62. The minimum atomic E-state index is 0.338. The normalized spacial score (nSPS) is 14.3. The number of aromatic nitrogens is 8. The van der Waals surface area contributed by atoms with E-state index in [1.807, 2.05) is 85.7 Å². The molecule has 6 rings (SSSR count). The molecule has 5 N–H and O–H groups in total. The summed E-state index contributed by atoms with van der Waals surface area (Å²) in [5.74, 6) is 4.05. The number of likely N-dealkylation sites (tertiary alicyclic amines) is 2. The number of ether oxygens (including phenoxy) is 3. The first-order chi connectivity index (χ1) is 28.6. The number of nitrogens with two attached hydrogens (primary N) is 1. The molecule has 18 heteroatoms. The average molecular weight is 834 g/mol. The summed E-state index contributed by atoms with van der Waals surface area (Å²) >= 11 is 0. The van der Waals surface area contributed by atoms with Crippen LogP contribution in [0.1, 0.15) is 67.5 Å². The van der Waals surface area contributed by atoms with Gasteiger partial charge in [0.25, 0.3) is 0 Å². The minimum absolute atomic E-state index is 0.338. The summed E-state index contributed by atoms with van der Waals surface area (Å²) in [6, 6.07) is 7.45. The molecule has 6 heterocycles. The van der Waals surface area contributed by atoms with Crippen LogP contribution in [0.5, 0.6) is 0 Å². The van der Waals surface area contributed by atoms with E-state index in [0.717, 1.165) is 93.0 Å². The van der Waals surface area contributed by atoms with Crippen LogP contribution in [0.3, 0.4) is 0 Å². The van der Waals surface area contributed by atoms with Crippen LogP contribution >= 0.6 is 0 Å². The molecule has 0 radical (unpaired) electrons. The number of hydrogen-bond acceptors (Lipinski definition) is 16. The van der Waals surface area contributed by atoms with Crippen molar-refractivity contribution >= 4 is 23.6 Å². The molecule has 0 spiro atoms. The van der Waals surface area contributed by atoms with Crippen molar-refractivity contribution in [1.82, 2.24) is 54.6 Å². The number of anilines is 2. The van der Waals surface area contributed by atoms with Crippen LogP contribution in [-0.4, -0.2) is 153 Å². The number of amidine groups is 2. The van der Waals surface area contributed by atoms with Crippen molar-refractivity contribution in [2.24, 2.45) is 0 Å². The summed E-state index contributed by atoms with van der Waals surface area (Å²) in [5.41, 5.74) is 9.15. The third-order valence-electron chi connectivity index (χ3n) is 8.62. The highest BCUT2D eigenvalue weighted by atomic mass is 16.5. The predicted octanol–water partition coefficient (Wildman–Crippen LogP) is 4.95. The first-order valence-electron chi connectivity index (χ1n) is 20.0. The number of nitrogens with zero attached hydrogens (tertiary/aromatic N) is 11. The van der Waals surface area contributed by atoms with Gasteiger partial charge in [-0.2, -0.15) is 0 Å². The molecule has 18 nitrogen and oxygen atoms in total. The molecular formula is C42H71N15O3. The number of methoxy groups -OCH3 is 3. The molecule has 1 atom stereocenters. The lowest BCUT2D eigenvalue weighted by Gasteiger charge is -2.31. The monoisotopic (exact) mass is 834 g/mol. The second kappa shape index (κ2) is 30.7. The van der Waals surface area contributed by atoms with Crippen LogP contribution in [0, 0.1) is 45.4 Å². The molecule has 332 valence electrons. The maximum Gasteiger partial charge on any atom is 0.222 e. The SMILES string of the molecule is COC1CCN(C(C)=N)C1.COC1CCN(C(C)=N)CC1.COCCNc1nccc(C)n1.Cc1ccnc(C)n1.Cc1ccnc(CN(C)C)n1.Cc1ccnc(N)n1. The maximum atomic E-state index is 7.40. The summed E-state index contributed by atoms with van der Waals surface area (Å²) in [5, 5.41) is 17.8. The zero-order chi connectivity index (χ0) is 44.9. The van der Waals surface area contributed by atoms with Gasteiger partial charge >= 0.3 is 0 Å². The molecule has 2 fully saturated rings. The summed E-state index contributed by atoms with van der Waals surface area (Å²) in [6.45, 7) is 19.3. The topological polar surface area (TPSA) is 226 Å². The van der Waals surface area contributed by atoms with E-state index in [9.17, 15) is 0 Å². The zero-order valence-electron chi connectivity index (χ0n) is 38.1. The van der Waals surface area contributed by atoms with Crippen molar-refractivity contribution in [2.75, 3.05) is 85.8 Å². The first kappa shape index (κ1) is 52.7. The second-order valence-electron chi connectivity index (χ2n) is 14.3. The number of hydrogen-bond donors (Lipinski definition) is 4. The Morgan fingerprint density at radius 3 is 1.60 bits per heavy atom. The van der Waals surface area contributed by atoms with Crippen molar-refractivity contribution in [3.05, 3.63) is 83.5 Å². The Balaban J connectivity index is 0.000000362. The Hall–Kier alpha value is -5.30. The van der Waals surface area contributed by atoms with Gasteiger partial charge in [-0.05, 0) is 106 Å². The Morgan fingerprint density at radius 1 is 0.700 bits per heavy atom. The fourth-order valence-corrected chi connectivity index (χ4v) is 5.35. The molecule has 2 aliphatic rings. The summed E-state index contributed by atoms with van der Waals surface area (Å²) in [4.78, 5) is 38.3. The molecule has 0 aliphatic carbocycles. The van der Waals surface area contributed by atoms with Crippen LogP contribution in [0.4, 0.5) is 11.9 Å². The highest BCUT2D eigenvalue weighted by Gasteiger charge is 2.21. The van der Waals surface area contributed by atoms with Crippen molar-refractivity contribution in [3.8, 4) is 0 Å². The van der Waals surface area contributed by atoms with Gasteiger partial charge in [0.1, 0.15) is 11.6 Å². The van der Waals surface area contributed by atoms with Crippen LogP contribution in [0.25, 0.3) is 0 Å². The van der Waals surface area contributed by atoms with Crippen molar-refractivity contribution in [1.29, 1.82) is 10.8 Å². The lowest BCUT2D eigenvalue weighted by Crippen LogP contribution is -2.39. The molecular weight excluding hydrogens is 763 g/mol. The number of aryl methyl sites for hydroxylation is 5. The number of rotatable bonds is 8. The van der Waals surface area contributed by atoms with E-state index < -0.39 is 0 Å². The van der Waals surface area contributed by atoms with Gasteiger partial charge in [-0.1, -0.05) is 0 Å². The lowest BCUT2D eigenvalue weighted by molar-refractivity contribution is 0.0576. The van der Waals surface area contributed by atoms with Gasteiger partial charge in [0, 0.05) is 102 Å². The smallest absolute Gasteiger partial charge is 0.222 e. The largest absolute Gasteiger partial charge is 0.383 e. The molecule has 60 heavy (non-hydrogen) atoms. The molecule has 0 saturated carbocycles. The van der Waals surface area contributed by atoms with Crippen LogP contribution < -0.4 is 11.1 Å². The van der Waals surface area contributed by atoms with Gasteiger partial charge in [0.05, 0.1) is 37.0 Å². The Bertz CT molecular complexity index is 1700. The summed E-state index contributed by atoms with van der Waals surface area (Å²) < 4.78 is 15.3. The van der Waals surface area contributed by atoms with Crippen LogP contribution in [-0.2, 0) is 20.8 Å². The quantitative estimate of drug-likeness (QED) is 0.105. The van der Waals surface area contributed by atoms with Gasteiger partial charge in [-0.25, -0.2) is 39.9 Å². The Kier molecular flexibility index (Phi) is 27.0. The molecule has 0 aromatic carbocycles. The van der Waals surface area contributed by atoms with Crippen LogP contribution in [0.2, 0.25) is 0 Å². The second-order valence-corrected chi connectivity index (χ2v) is 14.3. The first-order valence-corrected chi connectivity index (χ1v) is 20.0. The van der Waals surface area contributed by atoms with Gasteiger partial charge in [-0.3, -0.25) is 10.8 Å². The Labute approximate surface area is 358 Å². The average Bonchev–Trinajstić information content (AvgIpc) is 3.69. The van der Waals surface area contributed by atoms with Gasteiger partial charge in [-0.15, -0.1) is 0 Å². The molecule has 2 aliphatic heterocycles.